The van der Waals surface area contributed by atoms with Crippen LogP contribution in [0.3, 0.4) is 0 Å². The zero-order valence-electron chi connectivity index (χ0n) is 8.72. The molecule has 0 saturated carbocycles. The minimum absolute atomic E-state index is 0.110. The smallest absolute Gasteiger partial charge is 0.176 e. The predicted molar refractivity (Wildman–Crippen MR) is 60.7 cm³/mol. The van der Waals surface area contributed by atoms with Gasteiger partial charge in [0, 0.05) is 12.0 Å². The summed E-state index contributed by atoms with van der Waals surface area (Å²) in [6.45, 7) is 0. The number of benzene rings is 1. The quantitative estimate of drug-likeness (QED) is 0.557. The van der Waals surface area contributed by atoms with Gasteiger partial charge in [0.05, 0.1) is 12.5 Å². The van der Waals surface area contributed by atoms with Gasteiger partial charge in [-0.05, 0) is 11.6 Å². The third-order valence-electron chi connectivity index (χ3n) is 1.99. The fraction of sp³-hybridized carbons (Fsp3) is 0.154. The summed E-state index contributed by atoms with van der Waals surface area (Å²) in [5, 5.41) is 8.42. The van der Waals surface area contributed by atoms with Gasteiger partial charge in [0.15, 0.2) is 5.78 Å². The molecule has 3 heteroatoms. The number of nitrogens with zero attached hydrogens (tertiary/aromatic N) is 1. The molecular formula is C13H11NO2. The highest BCUT2D eigenvalue weighted by Crippen LogP contribution is 2.09. The fourth-order valence-electron chi connectivity index (χ4n) is 1.25. The number of hydrogen-bond acceptors (Lipinski definition) is 3. The first-order valence-corrected chi connectivity index (χ1v) is 4.88. The Hall–Kier alpha value is -2.21. The summed E-state index contributed by atoms with van der Waals surface area (Å²) < 4.78 is 0. The lowest BCUT2D eigenvalue weighted by Gasteiger charge is -1.98. The average Bonchev–Trinajstić information content (AvgIpc) is 2.30. The number of carbonyl (C=O) groups is 2. The van der Waals surface area contributed by atoms with Gasteiger partial charge in [-0.25, -0.2) is 0 Å². The molecule has 0 saturated heterocycles. The zero-order valence-corrected chi connectivity index (χ0v) is 8.72. The summed E-state index contributed by atoms with van der Waals surface area (Å²) in [5.41, 5.74) is 1.38. The molecule has 0 radical (unpaired) electrons. The van der Waals surface area contributed by atoms with Crippen molar-refractivity contribution in [1.29, 1.82) is 5.26 Å². The van der Waals surface area contributed by atoms with Crippen molar-refractivity contribution in [3.63, 3.8) is 0 Å². The third kappa shape index (κ3) is 3.50. The summed E-state index contributed by atoms with van der Waals surface area (Å²) in [7, 11) is 0. The number of rotatable bonds is 5. The molecule has 0 aliphatic heterocycles. The minimum atomic E-state index is -0.187. The molecule has 80 valence electrons. The largest absolute Gasteiger partial charge is 0.303 e. The third-order valence-corrected chi connectivity index (χ3v) is 1.99. The molecule has 0 amide bonds. The molecule has 0 spiro atoms. The van der Waals surface area contributed by atoms with Crippen LogP contribution in [0.2, 0.25) is 0 Å². The number of carbonyl (C=O) groups excluding carboxylic acids is 2. The Labute approximate surface area is 94.0 Å². The minimum Gasteiger partial charge on any atom is -0.303 e. The Morgan fingerprint density at radius 3 is 2.94 bits per heavy atom. The van der Waals surface area contributed by atoms with Crippen LogP contribution < -0.4 is 0 Å². The molecule has 0 aromatic heterocycles. The van der Waals surface area contributed by atoms with Crippen molar-refractivity contribution in [1.82, 2.24) is 0 Å². The van der Waals surface area contributed by atoms with Gasteiger partial charge in [-0.3, -0.25) is 4.79 Å². The first-order chi connectivity index (χ1) is 7.77. The number of aldehydes is 1. The first-order valence-electron chi connectivity index (χ1n) is 4.88. The van der Waals surface area contributed by atoms with Gasteiger partial charge in [-0.15, -0.1) is 0 Å². The predicted octanol–water partition coefficient (Wildman–Crippen LogP) is 2.39. The van der Waals surface area contributed by atoms with E-state index in [4.69, 9.17) is 5.26 Å². The SMILES string of the molecule is N#CCC(=O)c1cccc(C=CCC=O)c1. The Kier molecular flexibility index (Phi) is 4.68. The molecule has 0 N–H and O–H groups in total. The van der Waals surface area contributed by atoms with E-state index < -0.39 is 0 Å². The highest BCUT2D eigenvalue weighted by Gasteiger charge is 2.04. The zero-order chi connectivity index (χ0) is 11.8. The lowest BCUT2D eigenvalue weighted by molar-refractivity contribution is -0.107. The number of hydrogen-bond donors (Lipinski definition) is 0. The van der Waals surface area contributed by atoms with Gasteiger partial charge in [0.1, 0.15) is 6.29 Å². The van der Waals surface area contributed by atoms with Crippen LogP contribution in [0.15, 0.2) is 30.3 Å². The second-order valence-electron chi connectivity index (χ2n) is 3.19. The molecule has 0 unspecified atom stereocenters. The molecule has 0 atom stereocenters. The van der Waals surface area contributed by atoms with Crippen LogP contribution in [0, 0.1) is 11.3 Å². The van der Waals surface area contributed by atoms with E-state index in [1.807, 2.05) is 12.1 Å². The highest BCUT2D eigenvalue weighted by molar-refractivity contribution is 5.97. The molecule has 0 bridgehead atoms. The summed E-state index contributed by atoms with van der Waals surface area (Å²) >= 11 is 0. The topological polar surface area (TPSA) is 57.9 Å². The Bertz CT molecular complexity index is 455. The van der Waals surface area contributed by atoms with E-state index in [0.29, 0.717) is 12.0 Å². The van der Waals surface area contributed by atoms with Crippen molar-refractivity contribution in [3.8, 4) is 6.07 Å². The second-order valence-corrected chi connectivity index (χ2v) is 3.19. The maximum absolute atomic E-state index is 11.4. The summed E-state index contributed by atoms with van der Waals surface area (Å²) in [6, 6.07) is 8.80. The maximum Gasteiger partial charge on any atom is 0.176 e. The van der Waals surface area contributed by atoms with Gasteiger partial charge < -0.3 is 4.79 Å². The first kappa shape index (κ1) is 11.9. The van der Waals surface area contributed by atoms with E-state index in [2.05, 4.69) is 0 Å². The lowest BCUT2D eigenvalue weighted by atomic mass is 10.1. The van der Waals surface area contributed by atoms with Crippen LogP contribution in [-0.4, -0.2) is 12.1 Å². The maximum atomic E-state index is 11.4. The molecule has 0 aliphatic carbocycles. The van der Waals surface area contributed by atoms with E-state index in [9.17, 15) is 9.59 Å². The average molecular weight is 213 g/mol. The van der Waals surface area contributed by atoms with Crippen LogP contribution in [0.4, 0.5) is 0 Å². The molecule has 16 heavy (non-hydrogen) atoms. The molecule has 3 nitrogen and oxygen atoms in total. The number of Topliss-reactive ketones (excluding diaryl/α,β-unsaturated/α-hetero) is 1. The van der Waals surface area contributed by atoms with E-state index in [-0.39, 0.29) is 12.2 Å². The molecular weight excluding hydrogens is 202 g/mol. The van der Waals surface area contributed by atoms with Crippen molar-refractivity contribution >= 4 is 18.1 Å². The summed E-state index contributed by atoms with van der Waals surface area (Å²) in [4.78, 5) is 21.5. The van der Waals surface area contributed by atoms with E-state index in [1.54, 1.807) is 30.4 Å². The molecule has 1 rings (SSSR count). The molecule has 1 aromatic carbocycles. The van der Waals surface area contributed by atoms with Gasteiger partial charge in [0.25, 0.3) is 0 Å². The van der Waals surface area contributed by atoms with Crippen molar-refractivity contribution in [2.45, 2.75) is 12.8 Å². The number of nitriles is 1. The number of ketones is 1. The van der Waals surface area contributed by atoms with E-state index >= 15 is 0 Å². The van der Waals surface area contributed by atoms with Crippen LogP contribution in [0.5, 0.6) is 0 Å². The van der Waals surface area contributed by atoms with Crippen LogP contribution >= 0.6 is 0 Å². The monoisotopic (exact) mass is 213 g/mol. The van der Waals surface area contributed by atoms with Crippen molar-refractivity contribution in [3.05, 3.63) is 41.5 Å². The van der Waals surface area contributed by atoms with Crippen molar-refractivity contribution in [2.24, 2.45) is 0 Å². The van der Waals surface area contributed by atoms with Crippen molar-refractivity contribution in [2.75, 3.05) is 0 Å². The Morgan fingerprint density at radius 1 is 1.44 bits per heavy atom. The molecule has 0 heterocycles. The van der Waals surface area contributed by atoms with E-state index in [0.717, 1.165) is 11.8 Å². The molecule has 0 fully saturated rings. The van der Waals surface area contributed by atoms with Gasteiger partial charge in [-0.1, -0.05) is 30.4 Å². The van der Waals surface area contributed by atoms with Crippen molar-refractivity contribution < 1.29 is 9.59 Å². The Morgan fingerprint density at radius 2 is 2.25 bits per heavy atom. The Balaban J connectivity index is 2.83. The normalized spacial score (nSPS) is 9.94. The van der Waals surface area contributed by atoms with Crippen LogP contribution in [-0.2, 0) is 4.79 Å². The van der Waals surface area contributed by atoms with Gasteiger partial charge >= 0.3 is 0 Å². The van der Waals surface area contributed by atoms with Crippen LogP contribution in [0.25, 0.3) is 6.08 Å². The second kappa shape index (κ2) is 6.31. The summed E-state index contributed by atoms with van der Waals surface area (Å²) in [6.07, 6.45) is 4.55. The van der Waals surface area contributed by atoms with E-state index in [1.165, 1.54) is 0 Å². The molecule has 1 aromatic rings. The highest BCUT2D eigenvalue weighted by atomic mass is 16.1. The standard InChI is InChI=1S/C13H11NO2/c14-8-7-13(16)12-6-3-5-11(10-12)4-1-2-9-15/h1,3-6,9-10H,2,7H2. The van der Waals surface area contributed by atoms with Crippen LogP contribution in [0.1, 0.15) is 28.8 Å². The summed E-state index contributed by atoms with van der Waals surface area (Å²) in [5.74, 6) is -0.187. The molecule has 0 aliphatic rings. The fourth-order valence-corrected chi connectivity index (χ4v) is 1.25. The van der Waals surface area contributed by atoms with Gasteiger partial charge in [-0.2, -0.15) is 5.26 Å². The number of allylic oxidation sites excluding steroid dienone is 1. The van der Waals surface area contributed by atoms with Gasteiger partial charge in [0.2, 0.25) is 0 Å². The lowest BCUT2D eigenvalue weighted by Crippen LogP contribution is -1.96.